The molecule has 0 aromatic heterocycles. The highest BCUT2D eigenvalue weighted by Crippen LogP contribution is 2.22. The summed E-state index contributed by atoms with van der Waals surface area (Å²) in [6.45, 7) is 1.88. The van der Waals surface area contributed by atoms with Crippen LogP contribution in [0, 0.1) is 0 Å². The van der Waals surface area contributed by atoms with E-state index in [1.807, 2.05) is 25.1 Å². The molecule has 0 saturated carbocycles. The van der Waals surface area contributed by atoms with Crippen molar-refractivity contribution in [1.29, 1.82) is 0 Å². The lowest BCUT2D eigenvalue weighted by atomic mass is 10.1. The summed E-state index contributed by atoms with van der Waals surface area (Å²) in [5.41, 5.74) is 7.49. The third-order valence-corrected chi connectivity index (χ3v) is 2.00. The van der Waals surface area contributed by atoms with Crippen molar-refractivity contribution < 1.29 is 9.84 Å². The third kappa shape index (κ3) is 2.20. The molecule has 13 heavy (non-hydrogen) atoms. The number of methoxy groups -OCH3 is 1. The van der Waals surface area contributed by atoms with Gasteiger partial charge in [0.05, 0.1) is 13.7 Å². The normalized spacial score (nSPS) is 12.6. The Labute approximate surface area is 78.1 Å². The fourth-order valence-electron chi connectivity index (χ4n) is 1.21. The molecule has 0 aliphatic heterocycles. The van der Waals surface area contributed by atoms with Gasteiger partial charge in [-0.15, -0.1) is 0 Å². The maximum Gasteiger partial charge on any atom is 0.124 e. The summed E-state index contributed by atoms with van der Waals surface area (Å²) in [4.78, 5) is 0. The average Bonchev–Trinajstić information content (AvgIpc) is 2.16. The Kier molecular flexibility index (Phi) is 3.28. The van der Waals surface area contributed by atoms with E-state index in [1.165, 1.54) is 0 Å². The number of benzene rings is 1. The molecule has 1 rings (SSSR count). The van der Waals surface area contributed by atoms with E-state index in [0.29, 0.717) is 5.75 Å². The van der Waals surface area contributed by atoms with Crippen LogP contribution in [0.1, 0.15) is 24.1 Å². The van der Waals surface area contributed by atoms with Gasteiger partial charge in [-0.05, 0) is 24.6 Å². The van der Waals surface area contributed by atoms with E-state index in [2.05, 4.69) is 0 Å². The molecular formula is C10H15NO2. The SMILES string of the molecule is COc1ccc([C@H](C)N)cc1CO. The van der Waals surface area contributed by atoms with E-state index in [1.54, 1.807) is 7.11 Å². The van der Waals surface area contributed by atoms with Crippen LogP contribution in [0.5, 0.6) is 5.75 Å². The number of nitrogens with two attached hydrogens (primary N) is 1. The number of rotatable bonds is 3. The molecule has 0 saturated heterocycles. The van der Waals surface area contributed by atoms with Crippen LogP contribution in [-0.4, -0.2) is 12.2 Å². The Morgan fingerprint density at radius 2 is 2.23 bits per heavy atom. The number of aliphatic hydroxyl groups is 1. The van der Waals surface area contributed by atoms with E-state index in [-0.39, 0.29) is 12.6 Å². The number of hydrogen-bond acceptors (Lipinski definition) is 3. The lowest BCUT2D eigenvalue weighted by Crippen LogP contribution is -2.05. The van der Waals surface area contributed by atoms with Crippen molar-refractivity contribution in [2.24, 2.45) is 5.73 Å². The van der Waals surface area contributed by atoms with E-state index < -0.39 is 0 Å². The van der Waals surface area contributed by atoms with E-state index in [4.69, 9.17) is 15.6 Å². The first-order valence-corrected chi connectivity index (χ1v) is 4.22. The number of aliphatic hydroxyl groups excluding tert-OH is 1. The maximum absolute atomic E-state index is 9.03. The van der Waals surface area contributed by atoms with Gasteiger partial charge in [-0.1, -0.05) is 6.07 Å². The topological polar surface area (TPSA) is 55.5 Å². The standard InChI is InChI=1S/C10H15NO2/c1-7(11)8-3-4-10(13-2)9(5-8)6-12/h3-5,7,12H,6,11H2,1-2H3/t7-/m0/s1. The second-order valence-corrected chi connectivity index (χ2v) is 3.02. The fourth-order valence-corrected chi connectivity index (χ4v) is 1.21. The Hall–Kier alpha value is -1.06. The Balaban J connectivity index is 3.05. The predicted octanol–water partition coefficient (Wildman–Crippen LogP) is 1.21. The van der Waals surface area contributed by atoms with Gasteiger partial charge in [0.15, 0.2) is 0 Å². The molecule has 0 spiro atoms. The minimum Gasteiger partial charge on any atom is -0.496 e. The molecule has 0 radical (unpaired) electrons. The lowest BCUT2D eigenvalue weighted by molar-refractivity contribution is 0.273. The lowest BCUT2D eigenvalue weighted by Gasteiger charge is -2.10. The van der Waals surface area contributed by atoms with Crippen molar-refractivity contribution in [3.8, 4) is 5.75 Å². The van der Waals surface area contributed by atoms with Gasteiger partial charge >= 0.3 is 0 Å². The van der Waals surface area contributed by atoms with Crippen LogP contribution in [0.25, 0.3) is 0 Å². The predicted molar refractivity (Wildman–Crippen MR) is 51.5 cm³/mol. The van der Waals surface area contributed by atoms with Crippen LogP contribution in [0.4, 0.5) is 0 Å². The van der Waals surface area contributed by atoms with Crippen LogP contribution in [0.15, 0.2) is 18.2 Å². The molecule has 3 N–H and O–H groups in total. The van der Waals surface area contributed by atoms with Crippen LogP contribution in [0.3, 0.4) is 0 Å². The van der Waals surface area contributed by atoms with Crippen LogP contribution < -0.4 is 10.5 Å². The maximum atomic E-state index is 9.03. The molecule has 72 valence electrons. The first-order chi connectivity index (χ1) is 6.19. The van der Waals surface area contributed by atoms with Crippen LogP contribution >= 0.6 is 0 Å². The summed E-state index contributed by atoms with van der Waals surface area (Å²) in [6, 6.07) is 5.58. The molecule has 0 unspecified atom stereocenters. The molecule has 0 bridgehead atoms. The molecule has 0 aliphatic rings. The molecule has 0 heterocycles. The van der Waals surface area contributed by atoms with Crippen molar-refractivity contribution in [3.63, 3.8) is 0 Å². The van der Waals surface area contributed by atoms with Crippen molar-refractivity contribution >= 4 is 0 Å². The second kappa shape index (κ2) is 4.25. The zero-order chi connectivity index (χ0) is 9.84. The van der Waals surface area contributed by atoms with Gasteiger partial charge in [0.1, 0.15) is 5.75 Å². The molecule has 3 nitrogen and oxygen atoms in total. The van der Waals surface area contributed by atoms with Crippen LogP contribution in [0.2, 0.25) is 0 Å². The molecule has 3 heteroatoms. The monoisotopic (exact) mass is 181 g/mol. The van der Waals surface area contributed by atoms with Gasteiger partial charge in [-0.3, -0.25) is 0 Å². The smallest absolute Gasteiger partial charge is 0.124 e. The summed E-state index contributed by atoms with van der Waals surface area (Å²) in [7, 11) is 1.58. The summed E-state index contributed by atoms with van der Waals surface area (Å²) >= 11 is 0. The summed E-state index contributed by atoms with van der Waals surface area (Å²) < 4.78 is 5.07. The third-order valence-electron chi connectivity index (χ3n) is 2.00. The number of hydrogen-bond donors (Lipinski definition) is 2. The second-order valence-electron chi connectivity index (χ2n) is 3.02. The zero-order valence-electron chi connectivity index (χ0n) is 7.95. The molecule has 1 aromatic carbocycles. The summed E-state index contributed by atoms with van der Waals surface area (Å²) in [5.74, 6) is 0.701. The zero-order valence-corrected chi connectivity index (χ0v) is 7.95. The van der Waals surface area contributed by atoms with Gasteiger partial charge in [0.25, 0.3) is 0 Å². The molecule has 1 aromatic rings. The summed E-state index contributed by atoms with van der Waals surface area (Å²) in [6.07, 6.45) is 0. The van der Waals surface area contributed by atoms with E-state index >= 15 is 0 Å². The Morgan fingerprint density at radius 1 is 1.54 bits per heavy atom. The fraction of sp³-hybridized carbons (Fsp3) is 0.400. The van der Waals surface area contributed by atoms with Crippen molar-refractivity contribution in [2.75, 3.05) is 7.11 Å². The van der Waals surface area contributed by atoms with Crippen LogP contribution in [-0.2, 0) is 6.61 Å². The average molecular weight is 181 g/mol. The van der Waals surface area contributed by atoms with E-state index in [9.17, 15) is 0 Å². The Bertz CT molecular complexity index is 284. The Morgan fingerprint density at radius 3 is 2.69 bits per heavy atom. The van der Waals surface area contributed by atoms with Gasteiger partial charge in [0, 0.05) is 11.6 Å². The van der Waals surface area contributed by atoms with Gasteiger partial charge in [-0.25, -0.2) is 0 Å². The highest BCUT2D eigenvalue weighted by molar-refractivity contribution is 5.37. The molecule has 0 aliphatic carbocycles. The van der Waals surface area contributed by atoms with Gasteiger partial charge < -0.3 is 15.6 Å². The molecule has 0 amide bonds. The van der Waals surface area contributed by atoms with Gasteiger partial charge in [0.2, 0.25) is 0 Å². The first kappa shape index (κ1) is 10.0. The van der Waals surface area contributed by atoms with Crippen molar-refractivity contribution in [3.05, 3.63) is 29.3 Å². The number of ether oxygens (including phenoxy) is 1. The highest BCUT2D eigenvalue weighted by Gasteiger charge is 2.05. The van der Waals surface area contributed by atoms with Crippen molar-refractivity contribution in [1.82, 2.24) is 0 Å². The largest absolute Gasteiger partial charge is 0.496 e. The minimum absolute atomic E-state index is 0.0174. The highest BCUT2D eigenvalue weighted by atomic mass is 16.5. The first-order valence-electron chi connectivity index (χ1n) is 4.22. The minimum atomic E-state index is -0.0241. The molecular weight excluding hydrogens is 166 g/mol. The molecule has 1 atom stereocenters. The van der Waals surface area contributed by atoms with Gasteiger partial charge in [-0.2, -0.15) is 0 Å². The molecule has 0 fully saturated rings. The quantitative estimate of drug-likeness (QED) is 0.736. The van der Waals surface area contributed by atoms with E-state index in [0.717, 1.165) is 11.1 Å². The summed E-state index contributed by atoms with van der Waals surface area (Å²) in [5, 5.41) is 9.03. The van der Waals surface area contributed by atoms with Crippen molar-refractivity contribution in [2.45, 2.75) is 19.6 Å².